The molecule has 1 N–H and O–H groups in total. The molecule has 1 saturated heterocycles. The molecule has 1 atom stereocenters. The largest absolute Gasteiger partial charge is 0.475 e. The molecule has 18 heavy (non-hydrogen) atoms. The summed E-state index contributed by atoms with van der Waals surface area (Å²) in [5.74, 6) is 0.542. The van der Waals surface area contributed by atoms with E-state index in [1.54, 1.807) is 18.3 Å². The van der Waals surface area contributed by atoms with Gasteiger partial charge in [-0.25, -0.2) is 4.98 Å². The third kappa shape index (κ3) is 4.25. The van der Waals surface area contributed by atoms with Crippen LogP contribution in [0.15, 0.2) is 18.3 Å². The van der Waals surface area contributed by atoms with Gasteiger partial charge in [0.15, 0.2) is 6.29 Å². The van der Waals surface area contributed by atoms with E-state index >= 15 is 0 Å². The van der Waals surface area contributed by atoms with E-state index in [2.05, 4.69) is 4.98 Å². The van der Waals surface area contributed by atoms with Crippen LogP contribution in [-0.4, -0.2) is 36.2 Å². The molecular weight excluding hydrogens is 234 g/mol. The van der Waals surface area contributed by atoms with Crippen molar-refractivity contribution < 1.29 is 19.3 Å². The number of hydrogen-bond donors (Lipinski definition) is 1. The highest BCUT2D eigenvalue weighted by Gasteiger charge is 2.13. The Morgan fingerprint density at radius 2 is 2.28 bits per heavy atom. The van der Waals surface area contributed by atoms with Gasteiger partial charge in [0.05, 0.1) is 13.2 Å². The maximum absolute atomic E-state index is 8.87. The molecule has 2 heterocycles. The van der Waals surface area contributed by atoms with Gasteiger partial charge in [0, 0.05) is 18.9 Å². The van der Waals surface area contributed by atoms with Crippen molar-refractivity contribution in [1.29, 1.82) is 0 Å². The van der Waals surface area contributed by atoms with Crippen LogP contribution < -0.4 is 4.74 Å². The standard InChI is InChI=1S/C13H19NO4/c15-10-11-4-5-12(14-9-11)16-7-8-18-13-3-1-2-6-17-13/h4-5,9,13,15H,1-3,6-8,10H2. The lowest BCUT2D eigenvalue weighted by Crippen LogP contribution is -2.24. The molecule has 5 nitrogen and oxygen atoms in total. The molecule has 2 rings (SSSR count). The Kier molecular flexibility index (Phi) is 5.38. The first-order valence-corrected chi connectivity index (χ1v) is 6.30. The lowest BCUT2D eigenvalue weighted by molar-refractivity contribution is -0.165. The molecular formula is C13H19NO4. The Hall–Kier alpha value is -1.17. The zero-order valence-electron chi connectivity index (χ0n) is 10.4. The Morgan fingerprint density at radius 3 is 2.94 bits per heavy atom. The molecule has 5 heteroatoms. The molecule has 1 aliphatic rings. The van der Waals surface area contributed by atoms with Gasteiger partial charge in [0.2, 0.25) is 5.88 Å². The van der Waals surface area contributed by atoms with E-state index in [9.17, 15) is 0 Å². The third-order valence-corrected chi connectivity index (χ3v) is 2.76. The van der Waals surface area contributed by atoms with E-state index < -0.39 is 0 Å². The van der Waals surface area contributed by atoms with E-state index in [0.717, 1.165) is 31.4 Å². The minimum absolute atomic E-state index is 0.00455. The second-order valence-electron chi connectivity index (χ2n) is 4.18. The first kappa shape index (κ1) is 13.3. The second kappa shape index (κ2) is 7.31. The van der Waals surface area contributed by atoms with Crippen LogP contribution in [-0.2, 0) is 16.1 Å². The molecule has 0 radical (unpaired) electrons. The fraction of sp³-hybridized carbons (Fsp3) is 0.615. The summed E-state index contributed by atoms with van der Waals surface area (Å²) in [6.07, 6.45) is 4.77. The summed E-state index contributed by atoms with van der Waals surface area (Å²) in [5, 5.41) is 8.87. The SMILES string of the molecule is OCc1ccc(OCCOC2CCCCO2)nc1. The summed E-state index contributed by atoms with van der Waals surface area (Å²) in [4.78, 5) is 4.06. The van der Waals surface area contributed by atoms with Crippen molar-refractivity contribution in [2.24, 2.45) is 0 Å². The minimum Gasteiger partial charge on any atom is -0.475 e. The number of aromatic nitrogens is 1. The zero-order chi connectivity index (χ0) is 12.6. The Morgan fingerprint density at radius 1 is 1.33 bits per heavy atom. The van der Waals surface area contributed by atoms with Crippen molar-refractivity contribution in [3.8, 4) is 5.88 Å². The first-order valence-electron chi connectivity index (χ1n) is 6.30. The van der Waals surface area contributed by atoms with E-state index in [1.165, 1.54) is 0 Å². The fourth-order valence-electron chi connectivity index (χ4n) is 1.76. The molecule has 0 aliphatic carbocycles. The number of pyridine rings is 1. The second-order valence-corrected chi connectivity index (χ2v) is 4.18. The minimum atomic E-state index is -0.0768. The number of hydrogen-bond acceptors (Lipinski definition) is 5. The maximum Gasteiger partial charge on any atom is 0.213 e. The number of nitrogens with zero attached hydrogens (tertiary/aromatic N) is 1. The van der Waals surface area contributed by atoms with Gasteiger partial charge in [-0.05, 0) is 30.9 Å². The van der Waals surface area contributed by atoms with E-state index in [4.69, 9.17) is 19.3 Å². The number of rotatable bonds is 6. The summed E-state index contributed by atoms with van der Waals surface area (Å²) >= 11 is 0. The molecule has 0 amide bonds. The van der Waals surface area contributed by atoms with Gasteiger partial charge in [-0.2, -0.15) is 0 Å². The molecule has 1 unspecified atom stereocenters. The van der Waals surface area contributed by atoms with Crippen LogP contribution in [0.3, 0.4) is 0 Å². The van der Waals surface area contributed by atoms with Crippen LogP contribution in [0.4, 0.5) is 0 Å². The molecule has 0 saturated carbocycles. The molecule has 1 aliphatic heterocycles. The average Bonchev–Trinajstić information content (AvgIpc) is 2.45. The van der Waals surface area contributed by atoms with Crippen LogP contribution >= 0.6 is 0 Å². The smallest absolute Gasteiger partial charge is 0.213 e. The van der Waals surface area contributed by atoms with Crippen LogP contribution in [0.2, 0.25) is 0 Å². The molecule has 100 valence electrons. The van der Waals surface area contributed by atoms with Crippen molar-refractivity contribution >= 4 is 0 Å². The van der Waals surface area contributed by atoms with Gasteiger partial charge < -0.3 is 19.3 Å². The van der Waals surface area contributed by atoms with Gasteiger partial charge in [-0.1, -0.05) is 0 Å². The van der Waals surface area contributed by atoms with Gasteiger partial charge >= 0.3 is 0 Å². The highest BCUT2D eigenvalue weighted by molar-refractivity contribution is 5.16. The number of aliphatic hydroxyl groups is 1. The Bertz CT molecular complexity index is 335. The summed E-state index contributed by atoms with van der Waals surface area (Å²) in [6, 6.07) is 3.52. The predicted octanol–water partition coefficient (Wildman–Crippen LogP) is 1.50. The summed E-state index contributed by atoms with van der Waals surface area (Å²) < 4.78 is 16.4. The van der Waals surface area contributed by atoms with Gasteiger partial charge in [0.25, 0.3) is 0 Å². The Labute approximate surface area is 107 Å². The summed E-state index contributed by atoms with van der Waals surface area (Å²) in [7, 11) is 0. The Balaban J connectivity index is 1.62. The van der Waals surface area contributed by atoms with Crippen molar-refractivity contribution in [3.05, 3.63) is 23.9 Å². The van der Waals surface area contributed by atoms with Crippen molar-refractivity contribution in [2.75, 3.05) is 19.8 Å². The molecule has 1 fully saturated rings. The zero-order valence-corrected chi connectivity index (χ0v) is 10.4. The molecule has 0 spiro atoms. The topological polar surface area (TPSA) is 60.8 Å². The van der Waals surface area contributed by atoms with Crippen LogP contribution in [0.5, 0.6) is 5.88 Å². The number of ether oxygens (including phenoxy) is 3. The molecule has 1 aromatic heterocycles. The quantitative estimate of drug-likeness (QED) is 0.778. The summed E-state index contributed by atoms with van der Waals surface area (Å²) in [5.41, 5.74) is 0.772. The van der Waals surface area contributed by atoms with E-state index in [-0.39, 0.29) is 12.9 Å². The lowest BCUT2D eigenvalue weighted by atomic mass is 10.2. The van der Waals surface area contributed by atoms with Gasteiger partial charge in [-0.15, -0.1) is 0 Å². The van der Waals surface area contributed by atoms with Crippen LogP contribution in [0.25, 0.3) is 0 Å². The lowest BCUT2D eigenvalue weighted by Gasteiger charge is -2.22. The normalized spacial score (nSPS) is 19.7. The van der Waals surface area contributed by atoms with Gasteiger partial charge in [0.1, 0.15) is 6.61 Å². The van der Waals surface area contributed by atoms with Crippen LogP contribution in [0.1, 0.15) is 24.8 Å². The van der Waals surface area contributed by atoms with Crippen molar-refractivity contribution in [2.45, 2.75) is 32.2 Å². The third-order valence-electron chi connectivity index (χ3n) is 2.76. The predicted molar refractivity (Wildman–Crippen MR) is 65.2 cm³/mol. The highest BCUT2D eigenvalue weighted by Crippen LogP contribution is 2.13. The molecule has 0 aromatic carbocycles. The van der Waals surface area contributed by atoms with Crippen molar-refractivity contribution in [1.82, 2.24) is 4.98 Å². The fourth-order valence-corrected chi connectivity index (χ4v) is 1.76. The van der Waals surface area contributed by atoms with Crippen LogP contribution in [0, 0.1) is 0 Å². The van der Waals surface area contributed by atoms with Gasteiger partial charge in [-0.3, -0.25) is 0 Å². The molecule has 1 aromatic rings. The number of aliphatic hydroxyl groups excluding tert-OH is 1. The van der Waals surface area contributed by atoms with Crippen molar-refractivity contribution in [3.63, 3.8) is 0 Å². The summed E-state index contributed by atoms with van der Waals surface area (Å²) in [6.45, 7) is 1.73. The first-order chi connectivity index (χ1) is 8.88. The highest BCUT2D eigenvalue weighted by atomic mass is 16.7. The average molecular weight is 253 g/mol. The monoisotopic (exact) mass is 253 g/mol. The molecule has 0 bridgehead atoms. The van der Waals surface area contributed by atoms with E-state index in [1.807, 2.05) is 0 Å². The maximum atomic E-state index is 8.87. The van der Waals surface area contributed by atoms with E-state index in [0.29, 0.717) is 19.1 Å².